The summed E-state index contributed by atoms with van der Waals surface area (Å²) in [6.07, 6.45) is 0.0946. The quantitative estimate of drug-likeness (QED) is 0.125. The van der Waals surface area contributed by atoms with Gasteiger partial charge in [-0.25, -0.2) is 4.79 Å². The van der Waals surface area contributed by atoms with Crippen LogP contribution in [0.2, 0.25) is 0 Å². The molecule has 0 fully saturated rings. The van der Waals surface area contributed by atoms with Gasteiger partial charge in [-0.1, -0.05) is 30.3 Å². The maximum absolute atomic E-state index is 12.9. The molecule has 0 saturated carbocycles. The van der Waals surface area contributed by atoms with Crippen LogP contribution < -0.4 is 27.4 Å². The number of unbranched alkanes of at least 4 members (excludes halogenated alkanes) is 1. The molecule has 5 atom stereocenters. The summed E-state index contributed by atoms with van der Waals surface area (Å²) in [5.74, 6) is -3.69. The molecule has 0 spiro atoms. The number of carboxylic acid groups (broad SMARTS) is 1. The fourth-order valence-electron chi connectivity index (χ4n) is 3.04. The number of hydrogen-bond donors (Lipinski definition) is 8. The Balaban J connectivity index is 2.99. The van der Waals surface area contributed by atoms with Gasteiger partial charge in [-0.05, 0) is 38.3 Å². The first-order valence-corrected chi connectivity index (χ1v) is 11.0. The summed E-state index contributed by atoms with van der Waals surface area (Å²) < 4.78 is 0. The summed E-state index contributed by atoms with van der Waals surface area (Å²) in [4.78, 5) is 49.3. The molecule has 1 aromatic carbocycles. The van der Waals surface area contributed by atoms with Gasteiger partial charge in [0.25, 0.3) is 0 Å². The number of benzene rings is 1. The number of aliphatic hydroxyl groups excluding tert-OH is 2. The second-order valence-electron chi connectivity index (χ2n) is 7.94. The molecule has 0 aliphatic heterocycles. The molecule has 190 valence electrons. The first kappa shape index (κ1) is 29.0. The average Bonchev–Trinajstić information content (AvgIpc) is 2.81. The van der Waals surface area contributed by atoms with E-state index in [-0.39, 0.29) is 12.8 Å². The minimum absolute atomic E-state index is 0.0346. The second-order valence-corrected chi connectivity index (χ2v) is 7.94. The molecule has 12 heteroatoms. The van der Waals surface area contributed by atoms with Crippen LogP contribution in [-0.4, -0.2) is 82.4 Å². The molecule has 0 aliphatic carbocycles. The Morgan fingerprint density at radius 1 is 0.912 bits per heavy atom. The molecule has 0 saturated heterocycles. The number of carboxylic acids is 1. The fraction of sp³-hybridized carbons (Fsp3) is 0.545. The van der Waals surface area contributed by atoms with E-state index in [1.54, 1.807) is 30.3 Å². The van der Waals surface area contributed by atoms with Crippen LogP contribution in [-0.2, 0) is 25.6 Å². The van der Waals surface area contributed by atoms with Crippen LogP contribution in [0.1, 0.15) is 31.7 Å². The monoisotopic (exact) mass is 481 g/mol. The summed E-state index contributed by atoms with van der Waals surface area (Å²) in [6, 6.07) is 3.59. The first-order valence-electron chi connectivity index (χ1n) is 11.0. The molecule has 12 nitrogen and oxygen atoms in total. The normalized spacial score (nSPS) is 15.3. The van der Waals surface area contributed by atoms with Crippen LogP contribution in [0.5, 0.6) is 0 Å². The molecule has 0 radical (unpaired) electrons. The fourth-order valence-corrected chi connectivity index (χ4v) is 3.04. The Morgan fingerprint density at radius 3 is 2.00 bits per heavy atom. The van der Waals surface area contributed by atoms with Crippen molar-refractivity contribution in [2.24, 2.45) is 11.5 Å². The highest BCUT2D eigenvalue weighted by Crippen LogP contribution is 2.07. The molecule has 1 aromatic rings. The Hall–Kier alpha value is -3.06. The number of nitrogens with one attached hydrogen (secondary N) is 3. The van der Waals surface area contributed by atoms with Gasteiger partial charge in [0.2, 0.25) is 17.7 Å². The van der Waals surface area contributed by atoms with Crippen molar-refractivity contribution < 1.29 is 34.5 Å². The molecule has 0 aromatic heterocycles. The Labute approximate surface area is 198 Å². The molecule has 0 aliphatic rings. The van der Waals surface area contributed by atoms with Crippen LogP contribution in [0.25, 0.3) is 0 Å². The molecule has 0 bridgehead atoms. The number of nitrogens with two attached hydrogens (primary N) is 2. The van der Waals surface area contributed by atoms with Crippen molar-refractivity contribution in [2.45, 2.75) is 62.9 Å². The topological polar surface area (TPSA) is 217 Å². The summed E-state index contributed by atoms with van der Waals surface area (Å²) in [6.45, 7) is 0.894. The van der Waals surface area contributed by atoms with Crippen LogP contribution in [0.3, 0.4) is 0 Å². The van der Waals surface area contributed by atoms with Crippen molar-refractivity contribution >= 4 is 23.7 Å². The Bertz CT molecular complexity index is 806. The lowest BCUT2D eigenvalue weighted by molar-refractivity contribution is -0.142. The summed E-state index contributed by atoms with van der Waals surface area (Å²) in [5.41, 5.74) is 11.7. The number of aliphatic carboxylic acids is 1. The van der Waals surface area contributed by atoms with E-state index in [1.807, 2.05) is 0 Å². The van der Waals surface area contributed by atoms with E-state index in [2.05, 4.69) is 16.0 Å². The van der Waals surface area contributed by atoms with Gasteiger partial charge in [-0.15, -0.1) is 0 Å². The van der Waals surface area contributed by atoms with Gasteiger partial charge in [-0.2, -0.15) is 0 Å². The third-order valence-corrected chi connectivity index (χ3v) is 5.12. The lowest BCUT2D eigenvalue weighted by atomic mass is 10.0. The van der Waals surface area contributed by atoms with E-state index in [0.717, 1.165) is 0 Å². The highest BCUT2D eigenvalue weighted by atomic mass is 16.4. The van der Waals surface area contributed by atoms with E-state index in [1.165, 1.54) is 6.92 Å². The molecule has 10 N–H and O–H groups in total. The Kier molecular flexibility index (Phi) is 12.7. The zero-order chi connectivity index (χ0) is 25.7. The predicted octanol–water partition coefficient (Wildman–Crippen LogP) is -2.40. The summed E-state index contributed by atoms with van der Waals surface area (Å²) >= 11 is 0. The third-order valence-electron chi connectivity index (χ3n) is 5.12. The molecular formula is C22H35N5O7. The maximum atomic E-state index is 12.9. The van der Waals surface area contributed by atoms with Gasteiger partial charge >= 0.3 is 5.97 Å². The smallest absolute Gasteiger partial charge is 0.326 e. The highest BCUT2D eigenvalue weighted by Gasteiger charge is 2.30. The zero-order valence-electron chi connectivity index (χ0n) is 19.1. The predicted molar refractivity (Wildman–Crippen MR) is 123 cm³/mol. The van der Waals surface area contributed by atoms with Gasteiger partial charge in [0, 0.05) is 6.42 Å². The number of aliphatic hydroxyl groups is 2. The largest absolute Gasteiger partial charge is 0.480 e. The maximum Gasteiger partial charge on any atom is 0.326 e. The highest BCUT2D eigenvalue weighted by molar-refractivity contribution is 5.94. The number of rotatable bonds is 15. The van der Waals surface area contributed by atoms with Crippen molar-refractivity contribution in [3.05, 3.63) is 35.9 Å². The minimum atomic E-state index is -1.44. The van der Waals surface area contributed by atoms with E-state index in [9.17, 15) is 34.5 Å². The third kappa shape index (κ3) is 9.83. The van der Waals surface area contributed by atoms with Gasteiger partial charge < -0.3 is 42.7 Å². The molecule has 3 amide bonds. The molecule has 0 heterocycles. The molecular weight excluding hydrogens is 446 g/mol. The van der Waals surface area contributed by atoms with E-state index in [4.69, 9.17) is 11.5 Å². The van der Waals surface area contributed by atoms with Crippen molar-refractivity contribution in [1.82, 2.24) is 16.0 Å². The summed E-state index contributed by atoms with van der Waals surface area (Å²) in [7, 11) is 0. The van der Waals surface area contributed by atoms with Gasteiger partial charge in [0.1, 0.15) is 24.2 Å². The van der Waals surface area contributed by atoms with Gasteiger partial charge in [0.15, 0.2) is 0 Å². The zero-order valence-corrected chi connectivity index (χ0v) is 19.1. The van der Waals surface area contributed by atoms with Crippen molar-refractivity contribution in [3.63, 3.8) is 0 Å². The number of amides is 3. The van der Waals surface area contributed by atoms with Gasteiger partial charge in [-0.3, -0.25) is 14.4 Å². The minimum Gasteiger partial charge on any atom is -0.480 e. The van der Waals surface area contributed by atoms with Crippen LogP contribution >= 0.6 is 0 Å². The van der Waals surface area contributed by atoms with E-state index in [0.29, 0.717) is 24.9 Å². The van der Waals surface area contributed by atoms with Crippen LogP contribution in [0, 0.1) is 0 Å². The second kappa shape index (κ2) is 15.0. The first-order chi connectivity index (χ1) is 16.1. The van der Waals surface area contributed by atoms with Crippen molar-refractivity contribution in [1.29, 1.82) is 0 Å². The number of carbonyl (C=O) groups is 4. The lowest BCUT2D eigenvalue weighted by Crippen LogP contribution is -2.59. The average molecular weight is 482 g/mol. The summed E-state index contributed by atoms with van der Waals surface area (Å²) in [5, 5.41) is 35.6. The van der Waals surface area contributed by atoms with Crippen molar-refractivity contribution in [3.8, 4) is 0 Å². The van der Waals surface area contributed by atoms with E-state index >= 15 is 0 Å². The van der Waals surface area contributed by atoms with Crippen LogP contribution in [0.15, 0.2) is 30.3 Å². The number of hydrogen-bond acceptors (Lipinski definition) is 8. The SMILES string of the molecule is CC(O)C(N)C(=O)NC(CO)C(=O)NC(Cc1ccccc1)C(=O)NC(CCCCN)C(=O)O. The lowest BCUT2D eigenvalue weighted by Gasteiger charge is -2.25. The van der Waals surface area contributed by atoms with Crippen LogP contribution in [0.4, 0.5) is 0 Å². The molecule has 1 rings (SSSR count). The van der Waals surface area contributed by atoms with E-state index < -0.39 is 60.6 Å². The standard InChI is InChI=1S/C22H35N5O7/c1-13(29)18(24)21(32)27-17(12-28)20(31)26-16(11-14-7-3-2-4-8-14)19(30)25-15(22(33)34)9-5-6-10-23/h2-4,7-8,13,15-18,28-29H,5-6,9-12,23-24H2,1H3,(H,25,30)(H,26,31)(H,27,32)(H,33,34). The van der Waals surface area contributed by atoms with Crippen molar-refractivity contribution in [2.75, 3.05) is 13.2 Å². The molecule has 5 unspecified atom stereocenters. The van der Waals surface area contributed by atoms with Gasteiger partial charge in [0.05, 0.1) is 12.7 Å². The Morgan fingerprint density at radius 2 is 1.47 bits per heavy atom. The molecule has 34 heavy (non-hydrogen) atoms. The number of carbonyl (C=O) groups excluding carboxylic acids is 3.